The number of fused-ring (bicyclic) bond motifs is 3. The van der Waals surface area contributed by atoms with Gasteiger partial charge in [0.05, 0.1) is 5.52 Å². The van der Waals surface area contributed by atoms with Gasteiger partial charge in [-0.2, -0.15) is 0 Å². The topological polar surface area (TPSA) is 53.6 Å². The fourth-order valence-corrected chi connectivity index (χ4v) is 3.61. The number of imidazole rings is 1. The Kier molecular flexibility index (Phi) is 2.36. The third-order valence-corrected chi connectivity index (χ3v) is 4.36. The molecule has 2 saturated heterocycles. The van der Waals surface area contributed by atoms with Gasteiger partial charge in [-0.1, -0.05) is 0 Å². The van der Waals surface area contributed by atoms with Crippen molar-refractivity contribution in [3.05, 3.63) is 24.2 Å². The number of hydrogen-bond donors (Lipinski definition) is 2. The normalized spacial score (nSPS) is 31.0. The van der Waals surface area contributed by atoms with Crippen molar-refractivity contribution in [3.63, 3.8) is 0 Å². The van der Waals surface area contributed by atoms with E-state index >= 15 is 0 Å². The van der Waals surface area contributed by atoms with Gasteiger partial charge < -0.3 is 10.3 Å². The van der Waals surface area contributed by atoms with E-state index in [1.807, 2.05) is 12.1 Å². The first kappa shape index (κ1) is 10.5. The van der Waals surface area contributed by atoms with E-state index in [1.54, 1.807) is 6.20 Å². The summed E-state index contributed by atoms with van der Waals surface area (Å²) in [6.45, 7) is 0. The maximum absolute atomic E-state index is 4.59. The van der Waals surface area contributed by atoms with Crippen molar-refractivity contribution in [2.24, 2.45) is 5.92 Å². The molecule has 2 aliphatic heterocycles. The molecule has 0 spiro atoms. The maximum atomic E-state index is 4.59. The van der Waals surface area contributed by atoms with Crippen LogP contribution in [0.25, 0.3) is 11.2 Å². The van der Waals surface area contributed by atoms with Crippen LogP contribution >= 0.6 is 0 Å². The van der Waals surface area contributed by atoms with Crippen LogP contribution in [-0.4, -0.2) is 27.0 Å². The second-order valence-electron chi connectivity index (χ2n) is 5.74. The highest BCUT2D eigenvalue weighted by Crippen LogP contribution is 2.32. The molecule has 2 N–H and O–H groups in total. The molecule has 4 heterocycles. The summed E-state index contributed by atoms with van der Waals surface area (Å²) in [6, 6.07) is 5.52. The number of H-pyrrole nitrogens is 1. The lowest BCUT2D eigenvalue weighted by molar-refractivity contribution is 0.295. The van der Waals surface area contributed by atoms with E-state index in [9.17, 15) is 0 Å². The second-order valence-corrected chi connectivity index (χ2v) is 5.74. The number of rotatable bonds is 2. The van der Waals surface area contributed by atoms with Gasteiger partial charge in [0.25, 0.3) is 0 Å². The molecular formula is C14H18N4. The number of hydrogen-bond acceptors (Lipinski definition) is 3. The molecule has 2 aromatic rings. The first-order valence-electron chi connectivity index (χ1n) is 6.92. The van der Waals surface area contributed by atoms with Crippen molar-refractivity contribution in [1.82, 2.24) is 20.3 Å². The van der Waals surface area contributed by atoms with Crippen LogP contribution in [0.1, 0.15) is 31.5 Å². The first-order valence-corrected chi connectivity index (χ1v) is 6.92. The SMILES string of the molecule is c1cnc2nc(CC3CC4CCC(C3)N4)[nH]c2c1. The predicted octanol–water partition coefficient (Wildman–Crippen LogP) is 2.03. The fraction of sp³-hybridized carbons (Fsp3) is 0.571. The van der Waals surface area contributed by atoms with Gasteiger partial charge in [0.15, 0.2) is 5.65 Å². The molecule has 94 valence electrons. The van der Waals surface area contributed by atoms with E-state index in [2.05, 4.69) is 20.3 Å². The number of aromatic nitrogens is 3. The Morgan fingerprint density at radius 2 is 2.06 bits per heavy atom. The first-order chi connectivity index (χ1) is 8.87. The van der Waals surface area contributed by atoms with E-state index in [-0.39, 0.29) is 0 Å². The van der Waals surface area contributed by atoms with Crippen molar-refractivity contribution in [3.8, 4) is 0 Å². The average molecular weight is 242 g/mol. The summed E-state index contributed by atoms with van der Waals surface area (Å²) in [5.41, 5.74) is 1.91. The molecule has 2 bridgehead atoms. The predicted molar refractivity (Wildman–Crippen MR) is 70.3 cm³/mol. The van der Waals surface area contributed by atoms with Crippen molar-refractivity contribution >= 4 is 11.2 Å². The molecule has 2 aromatic heterocycles. The number of piperidine rings is 1. The quantitative estimate of drug-likeness (QED) is 0.847. The summed E-state index contributed by atoms with van der Waals surface area (Å²) >= 11 is 0. The molecule has 18 heavy (non-hydrogen) atoms. The molecule has 0 aliphatic carbocycles. The average Bonchev–Trinajstić information content (AvgIpc) is 2.92. The lowest BCUT2D eigenvalue weighted by atomic mass is 9.89. The van der Waals surface area contributed by atoms with Gasteiger partial charge in [-0.25, -0.2) is 9.97 Å². The van der Waals surface area contributed by atoms with Gasteiger partial charge in [-0.3, -0.25) is 0 Å². The van der Waals surface area contributed by atoms with Gasteiger partial charge in [-0.05, 0) is 43.7 Å². The lowest BCUT2D eigenvalue weighted by Crippen LogP contribution is -2.38. The molecule has 2 atom stereocenters. The van der Waals surface area contributed by atoms with Crippen LogP contribution in [0, 0.1) is 5.92 Å². The number of nitrogens with one attached hydrogen (secondary N) is 2. The molecule has 2 fully saturated rings. The Bertz CT molecular complexity index is 517. The summed E-state index contributed by atoms with van der Waals surface area (Å²) < 4.78 is 0. The molecule has 4 heteroatoms. The van der Waals surface area contributed by atoms with Crippen molar-refractivity contribution in [1.29, 1.82) is 0 Å². The number of nitrogens with zero attached hydrogens (tertiary/aromatic N) is 2. The Hall–Kier alpha value is -1.42. The van der Waals surface area contributed by atoms with Crippen LogP contribution in [-0.2, 0) is 6.42 Å². The third-order valence-electron chi connectivity index (χ3n) is 4.36. The van der Waals surface area contributed by atoms with Crippen LogP contribution < -0.4 is 5.32 Å². The Morgan fingerprint density at radius 1 is 1.22 bits per heavy atom. The monoisotopic (exact) mass is 242 g/mol. The van der Waals surface area contributed by atoms with Crippen LogP contribution in [0.4, 0.5) is 0 Å². The van der Waals surface area contributed by atoms with Crippen LogP contribution in [0.5, 0.6) is 0 Å². The highest BCUT2D eigenvalue weighted by atomic mass is 15.0. The largest absolute Gasteiger partial charge is 0.341 e. The van der Waals surface area contributed by atoms with E-state index in [1.165, 1.54) is 25.7 Å². The summed E-state index contributed by atoms with van der Waals surface area (Å²) in [7, 11) is 0. The number of aromatic amines is 1. The van der Waals surface area contributed by atoms with E-state index in [4.69, 9.17) is 0 Å². The van der Waals surface area contributed by atoms with E-state index < -0.39 is 0 Å². The minimum absolute atomic E-state index is 0.760. The van der Waals surface area contributed by atoms with E-state index in [0.717, 1.165) is 41.4 Å². The molecule has 0 aromatic carbocycles. The minimum Gasteiger partial charge on any atom is -0.341 e. The van der Waals surface area contributed by atoms with Gasteiger partial charge in [-0.15, -0.1) is 0 Å². The van der Waals surface area contributed by atoms with Gasteiger partial charge >= 0.3 is 0 Å². The van der Waals surface area contributed by atoms with Gasteiger partial charge in [0, 0.05) is 24.7 Å². The highest BCUT2D eigenvalue weighted by Gasteiger charge is 2.33. The molecule has 0 amide bonds. The summed E-state index contributed by atoms with van der Waals surface area (Å²) in [5.74, 6) is 1.89. The maximum Gasteiger partial charge on any atom is 0.177 e. The van der Waals surface area contributed by atoms with Crippen molar-refractivity contribution in [2.75, 3.05) is 0 Å². The molecule has 0 radical (unpaired) electrons. The zero-order valence-corrected chi connectivity index (χ0v) is 10.4. The van der Waals surface area contributed by atoms with E-state index in [0.29, 0.717) is 0 Å². The second kappa shape index (κ2) is 4.05. The van der Waals surface area contributed by atoms with Crippen LogP contribution in [0.2, 0.25) is 0 Å². The molecule has 2 unspecified atom stereocenters. The van der Waals surface area contributed by atoms with Crippen LogP contribution in [0.3, 0.4) is 0 Å². The Morgan fingerprint density at radius 3 is 2.83 bits per heavy atom. The molecule has 4 nitrogen and oxygen atoms in total. The smallest absolute Gasteiger partial charge is 0.177 e. The molecule has 4 rings (SSSR count). The number of pyridine rings is 1. The summed E-state index contributed by atoms with van der Waals surface area (Å²) in [4.78, 5) is 12.3. The Balaban J connectivity index is 1.54. The lowest BCUT2D eigenvalue weighted by Gasteiger charge is -2.28. The molecular weight excluding hydrogens is 224 g/mol. The zero-order chi connectivity index (χ0) is 11.9. The Labute approximate surface area is 106 Å². The summed E-state index contributed by atoms with van der Waals surface area (Å²) in [6.07, 6.45) is 8.22. The fourth-order valence-electron chi connectivity index (χ4n) is 3.61. The standard InChI is InChI=1S/C14H18N4/c1-2-12-14(15-5-1)18-13(17-12)8-9-6-10-3-4-11(7-9)16-10/h1-2,5,9-11,16H,3-4,6-8H2,(H,15,17,18). The van der Waals surface area contributed by atoms with Gasteiger partial charge in [0.1, 0.15) is 5.82 Å². The molecule has 2 aliphatic rings. The summed E-state index contributed by atoms with van der Waals surface area (Å²) in [5, 5.41) is 3.69. The molecule has 0 saturated carbocycles. The van der Waals surface area contributed by atoms with Crippen molar-refractivity contribution in [2.45, 2.75) is 44.2 Å². The third kappa shape index (κ3) is 1.81. The zero-order valence-electron chi connectivity index (χ0n) is 10.4. The minimum atomic E-state index is 0.760. The highest BCUT2D eigenvalue weighted by molar-refractivity contribution is 5.69. The van der Waals surface area contributed by atoms with Crippen LogP contribution in [0.15, 0.2) is 18.3 Å². The van der Waals surface area contributed by atoms with Gasteiger partial charge in [0.2, 0.25) is 0 Å². The van der Waals surface area contributed by atoms with Crippen molar-refractivity contribution < 1.29 is 0 Å².